The van der Waals surface area contributed by atoms with Crippen LogP contribution in [0.1, 0.15) is 33.4 Å². The molecular formula is C24H22BrNO3. The van der Waals surface area contributed by atoms with Crippen molar-refractivity contribution < 1.29 is 14.4 Å². The number of hydrogen-bond donors (Lipinski definition) is 1. The summed E-state index contributed by atoms with van der Waals surface area (Å²) in [5.74, 6) is 0.115. The summed E-state index contributed by atoms with van der Waals surface area (Å²) >= 11 is 3.46. The van der Waals surface area contributed by atoms with Gasteiger partial charge < -0.3 is 9.57 Å². The molecule has 0 aliphatic carbocycles. The summed E-state index contributed by atoms with van der Waals surface area (Å²) in [5, 5.41) is 0. The molecule has 4 nitrogen and oxygen atoms in total. The summed E-state index contributed by atoms with van der Waals surface area (Å²) in [6.07, 6.45) is 1.86. The zero-order chi connectivity index (χ0) is 20.6. The quantitative estimate of drug-likeness (QED) is 0.345. The van der Waals surface area contributed by atoms with Gasteiger partial charge in [-0.15, -0.1) is 12.1 Å². The number of carbonyl (C=O) groups is 1. The third-order valence-electron chi connectivity index (χ3n) is 4.63. The maximum atomic E-state index is 12.5. The zero-order valence-electron chi connectivity index (χ0n) is 16.0. The Hall–Kier alpha value is -2.89. The molecule has 1 N–H and O–H groups in total. The average molecular weight is 452 g/mol. The van der Waals surface area contributed by atoms with Gasteiger partial charge >= 0.3 is 5.97 Å². The lowest BCUT2D eigenvalue weighted by atomic mass is 9.87. The minimum Gasteiger partial charge on any atom is -0.497 e. The number of hydrogen-bond acceptors (Lipinski definition) is 4. The molecule has 3 aromatic rings. The van der Waals surface area contributed by atoms with Gasteiger partial charge in [-0.3, -0.25) is 0 Å². The number of rotatable bonds is 8. The fraction of sp³-hybridized carbons (Fsp3) is 0.125. The molecule has 2 atom stereocenters. The highest BCUT2D eigenvalue weighted by atomic mass is 79.9. The molecule has 0 amide bonds. The second kappa shape index (κ2) is 10.0. The number of ether oxygens (including phenoxy) is 1. The van der Waals surface area contributed by atoms with E-state index in [2.05, 4.69) is 28.0 Å². The average Bonchev–Trinajstić information content (AvgIpc) is 2.78. The van der Waals surface area contributed by atoms with E-state index >= 15 is 0 Å². The number of halogens is 1. The molecule has 0 aliphatic heterocycles. The van der Waals surface area contributed by atoms with Gasteiger partial charge in [0, 0.05) is 10.4 Å². The standard InChI is InChI=1S/C24H22BrNO3/c1-3-22(17-7-5-4-6-8-17)23(18-9-13-20(25)14-10-18)26-29-24(27)19-11-15-21(28-2)16-12-19/h3-16,22-23,26H,1H2,2H3/t22-,23+/m0/s1. The predicted octanol–water partition coefficient (Wildman–Crippen LogP) is 5.83. The molecule has 5 heteroatoms. The van der Waals surface area contributed by atoms with Gasteiger partial charge in [-0.2, -0.15) is 0 Å². The van der Waals surface area contributed by atoms with E-state index in [9.17, 15) is 4.79 Å². The number of hydroxylamine groups is 1. The van der Waals surface area contributed by atoms with Crippen molar-refractivity contribution >= 4 is 21.9 Å². The van der Waals surface area contributed by atoms with Gasteiger partial charge in [0.05, 0.1) is 18.7 Å². The van der Waals surface area contributed by atoms with Crippen molar-refractivity contribution in [1.82, 2.24) is 5.48 Å². The van der Waals surface area contributed by atoms with E-state index in [0.717, 1.165) is 15.6 Å². The van der Waals surface area contributed by atoms with Crippen LogP contribution in [-0.2, 0) is 4.84 Å². The second-order valence-electron chi connectivity index (χ2n) is 6.44. The molecule has 0 spiro atoms. The number of carbonyl (C=O) groups excluding carboxylic acids is 1. The third-order valence-corrected chi connectivity index (χ3v) is 5.16. The predicted molar refractivity (Wildman–Crippen MR) is 118 cm³/mol. The molecular weight excluding hydrogens is 430 g/mol. The third kappa shape index (κ3) is 5.34. The molecule has 0 fully saturated rings. The van der Waals surface area contributed by atoms with Crippen molar-refractivity contribution in [2.24, 2.45) is 0 Å². The molecule has 3 rings (SSSR count). The summed E-state index contributed by atoms with van der Waals surface area (Å²) in [4.78, 5) is 18.0. The Labute approximate surface area is 179 Å². The summed E-state index contributed by atoms with van der Waals surface area (Å²) in [6, 6.07) is 24.4. The Kier molecular flexibility index (Phi) is 7.22. The molecule has 0 aromatic heterocycles. The molecule has 0 unspecified atom stereocenters. The lowest BCUT2D eigenvalue weighted by Gasteiger charge is -2.26. The first-order chi connectivity index (χ1) is 14.1. The number of methoxy groups -OCH3 is 1. The molecule has 0 saturated carbocycles. The highest BCUT2D eigenvalue weighted by molar-refractivity contribution is 9.10. The van der Waals surface area contributed by atoms with Crippen LogP contribution in [0.2, 0.25) is 0 Å². The first-order valence-electron chi connectivity index (χ1n) is 9.16. The van der Waals surface area contributed by atoms with E-state index in [1.54, 1.807) is 31.4 Å². The second-order valence-corrected chi connectivity index (χ2v) is 7.35. The fourth-order valence-electron chi connectivity index (χ4n) is 3.06. The summed E-state index contributed by atoms with van der Waals surface area (Å²) in [5.41, 5.74) is 5.45. The van der Waals surface area contributed by atoms with Crippen LogP contribution in [0, 0.1) is 0 Å². The molecule has 148 valence electrons. The van der Waals surface area contributed by atoms with Crippen molar-refractivity contribution in [2.75, 3.05) is 7.11 Å². The Morgan fingerprint density at radius 3 is 2.21 bits per heavy atom. The Morgan fingerprint density at radius 1 is 0.966 bits per heavy atom. The van der Waals surface area contributed by atoms with E-state index < -0.39 is 5.97 Å². The summed E-state index contributed by atoms with van der Waals surface area (Å²) < 4.78 is 6.10. The van der Waals surface area contributed by atoms with Crippen molar-refractivity contribution in [3.8, 4) is 5.75 Å². The normalized spacial score (nSPS) is 12.6. The Bertz CT molecular complexity index is 940. The summed E-state index contributed by atoms with van der Waals surface area (Å²) in [6.45, 7) is 4.00. The van der Waals surface area contributed by atoms with Gasteiger partial charge in [0.15, 0.2) is 0 Å². The molecule has 0 saturated heterocycles. The van der Waals surface area contributed by atoms with E-state index in [0.29, 0.717) is 11.3 Å². The van der Waals surface area contributed by atoms with Crippen LogP contribution < -0.4 is 10.2 Å². The maximum absolute atomic E-state index is 12.5. The first-order valence-corrected chi connectivity index (χ1v) is 9.95. The largest absolute Gasteiger partial charge is 0.497 e. The van der Waals surface area contributed by atoms with Crippen LogP contribution in [0.5, 0.6) is 5.75 Å². The highest BCUT2D eigenvalue weighted by Crippen LogP contribution is 2.32. The van der Waals surface area contributed by atoms with Crippen LogP contribution in [0.15, 0.2) is 96.0 Å². The topological polar surface area (TPSA) is 47.6 Å². The van der Waals surface area contributed by atoms with Gasteiger partial charge in [0.1, 0.15) is 5.75 Å². The van der Waals surface area contributed by atoms with Crippen LogP contribution in [-0.4, -0.2) is 13.1 Å². The van der Waals surface area contributed by atoms with Gasteiger partial charge in [0.2, 0.25) is 0 Å². The van der Waals surface area contributed by atoms with Crippen molar-refractivity contribution in [2.45, 2.75) is 12.0 Å². The molecule has 0 heterocycles. The van der Waals surface area contributed by atoms with E-state index in [-0.39, 0.29) is 12.0 Å². The molecule has 0 bridgehead atoms. The minimum absolute atomic E-state index is 0.0963. The lowest BCUT2D eigenvalue weighted by molar-refractivity contribution is 0.0136. The molecule has 29 heavy (non-hydrogen) atoms. The van der Waals surface area contributed by atoms with Gasteiger partial charge in [-0.25, -0.2) is 4.79 Å². The van der Waals surface area contributed by atoms with Crippen LogP contribution >= 0.6 is 15.9 Å². The Balaban J connectivity index is 1.83. The zero-order valence-corrected chi connectivity index (χ0v) is 17.6. The van der Waals surface area contributed by atoms with Crippen LogP contribution in [0.25, 0.3) is 0 Å². The number of nitrogens with one attached hydrogen (secondary N) is 1. The van der Waals surface area contributed by atoms with Gasteiger partial charge in [0.25, 0.3) is 0 Å². The molecule has 3 aromatic carbocycles. The monoisotopic (exact) mass is 451 g/mol. The van der Waals surface area contributed by atoms with Gasteiger partial charge in [-0.05, 0) is 47.5 Å². The van der Waals surface area contributed by atoms with E-state index in [4.69, 9.17) is 9.57 Å². The highest BCUT2D eigenvalue weighted by Gasteiger charge is 2.24. The van der Waals surface area contributed by atoms with Crippen molar-refractivity contribution in [3.05, 3.63) is 113 Å². The Morgan fingerprint density at radius 2 is 1.62 bits per heavy atom. The van der Waals surface area contributed by atoms with Gasteiger partial charge in [-0.1, -0.05) is 64.5 Å². The molecule has 0 aliphatic rings. The lowest BCUT2D eigenvalue weighted by Crippen LogP contribution is -2.29. The van der Waals surface area contributed by atoms with Crippen molar-refractivity contribution in [3.63, 3.8) is 0 Å². The number of benzene rings is 3. The summed E-state index contributed by atoms with van der Waals surface area (Å²) in [7, 11) is 1.58. The van der Waals surface area contributed by atoms with E-state index in [1.807, 2.05) is 60.7 Å². The van der Waals surface area contributed by atoms with E-state index in [1.165, 1.54) is 0 Å². The van der Waals surface area contributed by atoms with Crippen LogP contribution in [0.3, 0.4) is 0 Å². The first kappa shape index (κ1) is 20.8. The molecule has 0 radical (unpaired) electrons. The van der Waals surface area contributed by atoms with Crippen molar-refractivity contribution in [1.29, 1.82) is 0 Å². The smallest absolute Gasteiger partial charge is 0.356 e. The SMILES string of the molecule is C=C[C@@H](c1ccccc1)[C@H](NOC(=O)c1ccc(OC)cc1)c1ccc(Br)cc1. The maximum Gasteiger partial charge on any atom is 0.356 e. The van der Waals surface area contributed by atoms with Crippen LogP contribution in [0.4, 0.5) is 0 Å². The fourth-order valence-corrected chi connectivity index (χ4v) is 3.33. The minimum atomic E-state index is -0.467.